The van der Waals surface area contributed by atoms with Gasteiger partial charge in [-0.05, 0) is 48.9 Å². The highest BCUT2D eigenvalue weighted by molar-refractivity contribution is 7.89. The van der Waals surface area contributed by atoms with Gasteiger partial charge >= 0.3 is 0 Å². The predicted molar refractivity (Wildman–Crippen MR) is 90.6 cm³/mol. The number of benzene rings is 2. The van der Waals surface area contributed by atoms with E-state index in [0.717, 1.165) is 5.75 Å². The number of nitrogens with one attached hydrogen (secondary N) is 1. The standard InChI is InChI=1S/C17H19NO4S/c1-3-22-16-10-8-15(9-11-16)18-17(19)14-6-4-13(5-7-14)12-23(2,20)21/h4-11H,3,12H2,1-2H3,(H,18,19). The molecule has 0 aliphatic heterocycles. The van der Waals surface area contributed by atoms with E-state index in [1.54, 1.807) is 48.5 Å². The first-order valence-corrected chi connectivity index (χ1v) is 9.24. The lowest BCUT2D eigenvalue weighted by Gasteiger charge is -2.08. The van der Waals surface area contributed by atoms with Gasteiger partial charge in [0.2, 0.25) is 0 Å². The van der Waals surface area contributed by atoms with Gasteiger partial charge in [0.05, 0.1) is 12.4 Å². The number of hydrogen-bond acceptors (Lipinski definition) is 4. The number of ether oxygens (including phenoxy) is 1. The van der Waals surface area contributed by atoms with E-state index >= 15 is 0 Å². The van der Waals surface area contributed by atoms with Crippen molar-refractivity contribution in [2.24, 2.45) is 0 Å². The summed E-state index contributed by atoms with van der Waals surface area (Å²) in [5, 5.41) is 2.78. The normalized spacial score (nSPS) is 11.0. The van der Waals surface area contributed by atoms with Crippen LogP contribution in [0.5, 0.6) is 5.75 Å². The lowest BCUT2D eigenvalue weighted by Crippen LogP contribution is -2.12. The highest BCUT2D eigenvalue weighted by Crippen LogP contribution is 2.17. The Balaban J connectivity index is 2.02. The van der Waals surface area contributed by atoms with Gasteiger partial charge in [-0.15, -0.1) is 0 Å². The van der Waals surface area contributed by atoms with E-state index in [1.165, 1.54) is 6.26 Å². The highest BCUT2D eigenvalue weighted by Gasteiger charge is 2.08. The lowest BCUT2D eigenvalue weighted by molar-refractivity contribution is 0.102. The molecule has 2 aromatic carbocycles. The van der Waals surface area contributed by atoms with Crippen LogP contribution in [0.3, 0.4) is 0 Å². The summed E-state index contributed by atoms with van der Waals surface area (Å²) in [6.45, 7) is 2.49. The van der Waals surface area contributed by atoms with Crippen molar-refractivity contribution < 1.29 is 17.9 Å². The van der Waals surface area contributed by atoms with Crippen molar-refractivity contribution >= 4 is 21.4 Å². The fraction of sp³-hybridized carbons (Fsp3) is 0.235. The van der Waals surface area contributed by atoms with Gasteiger partial charge in [-0.1, -0.05) is 12.1 Å². The van der Waals surface area contributed by atoms with Crippen LogP contribution < -0.4 is 10.1 Å². The summed E-state index contributed by atoms with van der Waals surface area (Å²) in [5.41, 5.74) is 1.79. The Hall–Kier alpha value is -2.34. The van der Waals surface area contributed by atoms with Crippen molar-refractivity contribution in [1.29, 1.82) is 0 Å². The first-order valence-electron chi connectivity index (χ1n) is 7.18. The number of carbonyl (C=O) groups is 1. The van der Waals surface area contributed by atoms with E-state index in [0.29, 0.717) is 23.4 Å². The molecule has 0 unspecified atom stereocenters. The maximum absolute atomic E-state index is 12.2. The van der Waals surface area contributed by atoms with Crippen LogP contribution in [0.15, 0.2) is 48.5 Å². The second-order valence-electron chi connectivity index (χ2n) is 5.18. The Morgan fingerprint density at radius 3 is 2.17 bits per heavy atom. The number of rotatable bonds is 6. The second-order valence-corrected chi connectivity index (χ2v) is 7.32. The van der Waals surface area contributed by atoms with Crippen molar-refractivity contribution in [2.45, 2.75) is 12.7 Å². The fourth-order valence-electron chi connectivity index (χ4n) is 2.06. The van der Waals surface area contributed by atoms with Gasteiger partial charge in [0, 0.05) is 17.5 Å². The zero-order valence-corrected chi connectivity index (χ0v) is 13.9. The van der Waals surface area contributed by atoms with Crippen molar-refractivity contribution in [3.05, 3.63) is 59.7 Å². The van der Waals surface area contributed by atoms with Crippen LogP contribution in [0.25, 0.3) is 0 Å². The van der Waals surface area contributed by atoms with Gasteiger partial charge in [-0.2, -0.15) is 0 Å². The van der Waals surface area contributed by atoms with Crippen LogP contribution in [-0.2, 0) is 15.6 Å². The van der Waals surface area contributed by atoms with Gasteiger partial charge in [0.15, 0.2) is 9.84 Å². The molecule has 0 aliphatic rings. The minimum atomic E-state index is -3.08. The highest BCUT2D eigenvalue weighted by atomic mass is 32.2. The monoisotopic (exact) mass is 333 g/mol. The Morgan fingerprint density at radius 1 is 1.04 bits per heavy atom. The first-order chi connectivity index (χ1) is 10.9. The number of carbonyl (C=O) groups excluding carboxylic acids is 1. The van der Waals surface area contributed by atoms with Crippen LogP contribution in [0.4, 0.5) is 5.69 Å². The van der Waals surface area contributed by atoms with E-state index in [2.05, 4.69) is 5.32 Å². The van der Waals surface area contributed by atoms with E-state index in [-0.39, 0.29) is 11.7 Å². The molecule has 0 fully saturated rings. The molecule has 0 bridgehead atoms. The largest absolute Gasteiger partial charge is 0.494 e. The fourth-order valence-corrected chi connectivity index (χ4v) is 2.86. The molecule has 0 saturated heterocycles. The minimum Gasteiger partial charge on any atom is -0.494 e. The molecule has 23 heavy (non-hydrogen) atoms. The summed E-state index contributed by atoms with van der Waals surface area (Å²) in [4.78, 5) is 12.2. The van der Waals surface area contributed by atoms with Crippen molar-refractivity contribution in [3.63, 3.8) is 0 Å². The molecule has 2 aromatic rings. The van der Waals surface area contributed by atoms with Gasteiger partial charge in [0.1, 0.15) is 5.75 Å². The molecule has 0 aliphatic carbocycles. The van der Waals surface area contributed by atoms with Gasteiger partial charge in [-0.25, -0.2) is 8.42 Å². The maximum atomic E-state index is 12.2. The minimum absolute atomic E-state index is 0.0339. The van der Waals surface area contributed by atoms with Crippen LogP contribution in [0.2, 0.25) is 0 Å². The first kappa shape index (κ1) is 17.0. The summed E-state index contributed by atoms with van der Waals surface area (Å²) in [5.74, 6) is 0.462. The SMILES string of the molecule is CCOc1ccc(NC(=O)c2ccc(CS(C)(=O)=O)cc2)cc1. The van der Waals surface area contributed by atoms with Crippen LogP contribution in [0, 0.1) is 0 Å². The number of sulfone groups is 1. The third kappa shape index (κ3) is 5.41. The van der Waals surface area contributed by atoms with Crippen LogP contribution >= 0.6 is 0 Å². The van der Waals surface area contributed by atoms with E-state index in [1.807, 2.05) is 6.92 Å². The summed E-state index contributed by atoms with van der Waals surface area (Å²) >= 11 is 0. The third-order valence-electron chi connectivity index (χ3n) is 3.07. The summed E-state index contributed by atoms with van der Waals surface area (Å²) in [7, 11) is -3.08. The summed E-state index contributed by atoms with van der Waals surface area (Å²) < 4.78 is 27.8. The molecule has 0 radical (unpaired) electrons. The molecular weight excluding hydrogens is 314 g/mol. The molecule has 6 heteroatoms. The maximum Gasteiger partial charge on any atom is 0.255 e. The lowest BCUT2D eigenvalue weighted by atomic mass is 10.1. The molecule has 5 nitrogen and oxygen atoms in total. The molecule has 0 atom stereocenters. The molecule has 0 saturated carbocycles. The summed E-state index contributed by atoms with van der Waals surface area (Å²) in [6, 6.07) is 13.6. The molecule has 1 amide bonds. The molecule has 1 N–H and O–H groups in total. The van der Waals surface area contributed by atoms with Crippen molar-refractivity contribution in [1.82, 2.24) is 0 Å². The topological polar surface area (TPSA) is 72.5 Å². The van der Waals surface area contributed by atoms with Crippen LogP contribution in [-0.4, -0.2) is 27.2 Å². The molecule has 122 valence electrons. The Labute approximate surface area is 136 Å². The predicted octanol–water partition coefficient (Wildman–Crippen LogP) is 2.88. The summed E-state index contributed by atoms with van der Waals surface area (Å²) in [6.07, 6.45) is 1.18. The van der Waals surface area contributed by atoms with E-state index < -0.39 is 9.84 Å². The Bertz CT molecular complexity index is 765. The van der Waals surface area contributed by atoms with Gasteiger partial charge in [0.25, 0.3) is 5.91 Å². The molecule has 0 aromatic heterocycles. The van der Waals surface area contributed by atoms with E-state index in [9.17, 15) is 13.2 Å². The number of anilines is 1. The van der Waals surface area contributed by atoms with E-state index in [4.69, 9.17) is 4.74 Å². The quantitative estimate of drug-likeness (QED) is 0.882. The molecule has 0 heterocycles. The van der Waals surface area contributed by atoms with Crippen molar-refractivity contribution in [3.8, 4) is 5.75 Å². The average Bonchev–Trinajstić information content (AvgIpc) is 2.48. The second kappa shape index (κ2) is 7.28. The molecular formula is C17H19NO4S. The van der Waals surface area contributed by atoms with Crippen LogP contribution in [0.1, 0.15) is 22.8 Å². The Morgan fingerprint density at radius 2 is 1.65 bits per heavy atom. The molecule has 0 spiro atoms. The number of hydrogen-bond donors (Lipinski definition) is 1. The van der Waals surface area contributed by atoms with Crippen molar-refractivity contribution in [2.75, 3.05) is 18.2 Å². The smallest absolute Gasteiger partial charge is 0.255 e. The van der Waals surface area contributed by atoms with Gasteiger partial charge < -0.3 is 10.1 Å². The zero-order valence-electron chi connectivity index (χ0n) is 13.1. The average molecular weight is 333 g/mol. The molecule has 2 rings (SSSR count). The third-order valence-corrected chi connectivity index (χ3v) is 3.93. The number of amides is 1. The Kier molecular flexibility index (Phi) is 5.39. The zero-order chi connectivity index (χ0) is 16.9. The van der Waals surface area contributed by atoms with Gasteiger partial charge in [-0.3, -0.25) is 4.79 Å².